The van der Waals surface area contributed by atoms with Gasteiger partial charge in [-0.2, -0.15) is 0 Å². The molecule has 0 unspecified atom stereocenters. The first kappa shape index (κ1) is 21.1. The van der Waals surface area contributed by atoms with Gasteiger partial charge in [0.1, 0.15) is 12.1 Å². The molecule has 2 aromatic rings. The molecule has 0 radical (unpaired) electrons. The quantitative estimate of drug-likeness (QED) is 0.706. The van der Waals surface area contributed by atoms with E-state index in [2.05, 4.69) is 48.7 Å². The van der Waals surface area contributed by atoms with E-state index < -0.39 is 11.6 Å². The van der Waals surface area contributed by atoms with Crippen LogP contribution in [0.1, 0.15) is 54.9 Å². The Morgan fingerprint density at radius 2 is 1.87 bits per heavy atom. The van der Waals surface area contributed by atoms with E-state index >= 15 is 0 Å². The van der Waals surface area contributed by atoms with Crippen LogP contribution in [0.2, 0.25) is 0 Å². The Labute approximate surface area is 183 Å². The zero-order chi connectivity index (χ0) is 22.0. The number of carbonyl (C=O) groups excluding carboxylic acids is 3. The average Bonchev–Trinajstić information content (AvgIpc) is 2.99. The fraction of sp³-hybridized carbons (Fsp3) is 0.400. The van der Waals surface area contributed by atoms with Crippen molar-refractivity contribution in [3.8, 4) is 0 Å². The Hall–Kier alpha value is -3.15. The van der Waals surface area contributed by atoms with E-state index in [1.165, 1.54) is 5.56 Å². The van der Waals surface area contributed by atoms with E-state index in [-0.39, 0.29) is 18.4 Å². The van der Waals surface area contributed by atoms with Gasteiger partial charge in [0.15, 0.2) is 0 Å². The van der Waals surface area contributed by atoms with Gasteiger partial charge in [-0.3, -0.25) is 14.5 Å². The van der Waals surface area contributed by atoms with Crippen molar-refractivity contribution in [1.29, 1.82) is 0 Å². The van der Waals surface area contributed by atoms with Gasteiger partial charge in [-0.1, -0.05) is 62.4 Å². The summed E-state index contributed by atoms with van der Waals surface area (Å²) in [5.41, 5.74) is 3.32. The Morgan fingerprint density at radius 1 is 1.13 bits per heavy atom. The number of hydrogen-bond acceptors (Lipinski definition) is 3. The van der Waals surface area contributed by atoms with Crippen LogP contribution in [-0.2, 0) is 28.0 Å². The molecule has 1 spiro atoms. The summed E-state index contributed by atoms with van der Waals surface area (Å²) < 4.78 is 0. The van der Waals surface area contributed by atoms with Gasteiger partial charge in [-0.15, -0.1) is 0 Å². The minimum atomic E-state index is -1.04. The minimum Gasteiger partial charge on any atom is -0.354 e. The number of nitrogens with zero attached hydrogens (tertiary/aromatic N) is 1. The van der Waals surface area contributed by atoms with Crippen LogP contribution in [0.5, 0.6) is 0 Å². The minimum absolute atomic E-state index is 0.263. The second-order valence-corrected chi connectivity index (χ2v) is 8.73. The van der Waals surface area contributed by atoms with Gasteiger partial charge in [0.25, 0.3) is 5.91 Å². The van der Waals surface area contributed by atoms with Gasteiger partial charge in [-0.05, 0) is 53.9 Å². The van der Waals surface area contributed by atoms with E-state index in [1.807, 2.05) is 24.3 Å². The van der Waals surface area contributed by atoms with E-state index in [9.17, 15) is 14.4 Å². The van der Waals surface area contributed by atoms with Crippen LogP contribution in [0, 0.1) is 0 Å². The predicted octanol–water partition coefficient (Wildman–Crippen LogP) is 3.25. The molecule has 1 heterocycles. The van der Waals surface area contributed by atoms with Crippen molar-refractivity contribution in [2.45, 2.75) is 51.0 Å². The van der Waals surface area contributed by atoms with Gasteiger partial charge >= 0.3 is 6.03 Å². The summed E-state index contributed by atoms with van der Waals surface area (Å²) in [6.45, 7) is 4.50. The maximum Gasteiger partial charge on any atom is 0.325 e. The molecule has 2 aromatic carbocycles. The molecular formula is C25H29N3O3. The van der Waals surface area contributed by atoms with Gasteiger partial charge < -0.3 is 10.6 Å². The summed E-state index contributed by atoms with van der Waals surface area (Å²) in [5.74, 6) is -0.176. The first-order chi connectivity index (χ1) is 14.9. The summed E-state index contributed by atoms with van der Waals surface area (Å²) in [6, 6.07) is 15.6. The summed E-state index contributed by atoms with van der Waals surface area (Å²) in [5, 5.41) is 5.72. The van der Waals surface area contributed by atoms with Crippen LogP contribution in [0.15, 0.2) is 48.5 Å². The third-order valence-electron chi connectivity index (χ3n) is 6.33. The first-order valence-corrected chi connectivity index (χ1v) is 11.0. The molecule has 2 N–H and O–H groups in total. The van der Waals surface area contributed by atoms with E-state index in [4.69, 9.17) is 0 Å². The van der Waals surface area contributed by atoms with Crippen LogP contribution in [0.25, 0.3) is 0 Å². The highest BCUT2D eigenvalue weighted by atomic mass is 16.2. The molecule has 1 aliphatic heterocycles. The van der Waals surface area contributed by atoms with Crippen molar-refractivity contribution in [2.75, 3.05) is 13.1 Å². The molecule has 6 nitrogen and oxygen atoms in total. The zero-order valence-corrected chi connectivity index (χ0v) is 18.1. The number of fused-ring (bicyclic) bond motifs is 2. The number of benzene rings is 2. The maximum absolute atomic E-state index is 13.2. The van der Waals surface area contributed by atoms with E-state index in [1.54, 1.807) is 0 Å². The molecule has 0 bridgehead atoms. The lowest BCUT2D eigenvalue weighted by Gasteiger charge is -2.33. The van der Waals surface area contributed by atoms with Gasteiger partial charge in [-0.25, -0.2) is 4.79 Å². The van der Waals surface area contributed by atoms with Crippen molar-refractivity contribution in [3.05, 3.63) is 70.8 Å². The van der Waals surface area contributed by atoms with E-state index in [0.717, 1.165) is 34.4 Å². The van der Waals surface area contributed by atoms with Crippen molar-refractivity contribution >= 4 is 17.8 Å². The Morgan fingerprint density at radius 3 is 2.61 bits per heavy atom. The predicted molar refractivity (Wildman–Crippen MR) is 119 cm³/mol. The molecule has 4 rings (SSSR count). The first-order valence-electron chi connectivity index (χ1n) is 11.0. The van der Waals surface area contributed by atoms with Gasteiger partial charge in [0.05, 0.1) is 0 Å². The summed E-state index contributed by atoms with van der Waals surface area (Å²) in [4.78, 5) is 39.3. The molecule has 1 saturated heterocycles. The number of aryl methyl sites for hydroxylation is 1. The number of amides is 4. The third-order valence-corrected chi connectivity index (χ3v) is 6.33. The Bertz CT molecular complexity index is 999. The molecule has 2 aliphatic rings. The second kappa shape index (κ2) is 8.53. The maximum atomic E-state index is 13.2. The number of hydrogen-bond donors (Lipinski definition) is 2. The van der Waals surface area contributed by atoms with Crippen molar-refractivity contribution in [3.63, 3.8) is 0 Å². The lowest BCUT2D eigenvalue weighted by Crippen LogP contribution is -2.47. The van der Waals surface area contributed by atoms with Gasteiger partial charge in [0.2, 0.25) is 5.91 Å². The lowest BCUT2D eigenvalue weighted by molar-refractivity contribution is -0.135. The van der Waals surface area contributed by atoms with Crippen LogP contribution in [-0.4, -0.2) is 35.8 Å². The van der Waals surface area contributed by atoms with E-state index in [0.29, 0.717) is 25.3 Å². The number of carbonyl (C=O) groups is 3. The average molecular weight is 420 g/mol. The molecule has 0 aromatic heterocycles. The van der Waals surface area contributed by atoms with Crippen LogP contribution < -0.4 is 10.6 Å². The molecule has 1 atom stereocenters. The van der Waals surface area contributed by atoms with Crippen LogP contribution in [0.3, 0.4) is 0 Å². The molecule has 1 fully saturated rings. The third kappa shape index (κ3) is 4.07. The number of urea groups is 1. The smallest absolute Gasteiger partial charge is 0.325 e. The standard InChI is InChI=1S/C25H29N3O3/c1-17(2)19-11-9-18(10-12-19)13-15-26-22(29)16-28-23(30)25(27-24(28)31)14-5-7-20-6-3-4-8-21(20)25/h3-4,6,8-12,17H,5,7,13-16H2,1-2H3,(H,26,29)(H,27,31)/t25-/m0/s1. The van der Waals surface area contributed by atoms with Crippen molar-refractivity contribution in [1.82, 2.24) is 15.5 Å². The number of nitrogens with one attached hydrogen (secondary N) is 2. The fourth-order valence-electron chi connectivity index (χ4n) is 4.57. The topological polar surface area (TPSA) is 78.5 Å². The highest BCUT2D eigenvalue weighted by Crippen LogP contribution is 2.39. The normalized spacial score (nSPS) is 20.2. The molecule has 31 heavy (non-hydrogen) atoms. The summed E-state index contributed by atoms with van der Waals surface area (Å²) in [6.07, 6.45) is 2.96. The molecule has 0 saturated carbocycles. The Balaban J connectivity index is 1.36. The number of imide groups is 1. The molecule has 1 aliphatic carbocycles. The van der Waals surface area contributed by atoms with Gasteiger partial charge in [0, 0.05) is 6.54 Å². The fourth-order valence-corrected chi connectivity index (χ4v) is 4.57. The molecule has 4 amide bonds. The molecule has 6 heteroatoms. The van der Waals surface area contributed by atoms with Crippen LogP contribution in [0.4, 0.5) is 4.79 Å². The largest absolute Gasteiger partial charge is 0.354 e. The number of rotatable bonds is 6. The summed E-state index contributed by atoms with van der Waals surface area (Å²) >= 11 is 0. The highest BCUT2D eigenvalue weighted by molar-refractivity contribution is 6.09. The Kier molecular flexibility index (Phi) is 5.81. The second-order valence-electron chi connectivity index (χ2n) is 8.73. The highest BCUT2D eigenvalue weighted by Gasteiger charge is 2.54. The molecular weight excluding hydrogens is 390 g/mol. The zero-order valence-electron chi connectivity index (χ0n) is 18.1. The monoisotopic (exact) mass is 419 g/mol. The SMILES string of the molecule is CC(C)c1ccc(CCNC(=O)CN2C(=O)N[C@]3(CCCc4ccccc43)C2=O)cc1. The van der Waals surface area contributed by atoms with Crippen molar-refractivity contribution in [2.24, 2.45) is 0 Å². The molecule has 162 valence electrons. The van der Waals surface area contributed by atoms with Crippen LogP contribution >= 0.6 is 0 Å². The van der Waals surface area contributed by atoms with Crippen molar-refractivity contribution < 1.29 is 14.4 Å². The summed E-state index contributed by atoms with van der Waals surface area (Å²) in [7, 11) is 0. The lowest BCUT2D eigenvalue weighted by atomic mass is 9.76.